The molecule has 0 radical (unpaired) electrons. The minimum Gasteiger partial charge on any atom is -0.294 e. The largest absolute Gasteiger partial charge is 0.294 e. The fourth-order valence-electron chi connectivity index (χ4n) is 2.26. The second-order valence-corrected chi connectivity index (χ2v) is 5.67. The number of hydrogen-bond donors (Lipinski definition) is 0. The quantitative estimate of drug-likeness (QED) is 0.728. The highest BCUT2D eigenvalue weighted by Crippen LogP contribution is 2.30. The van der Waals surface area contributed by atoms with Gasteiger partial charge in [0.1, 0.15) is 0 Å². The van der Waals surface area contributed by atoms with Gasteiger partial charge in [0, 0.05) is 16.5 Å². The van der Waals surface area contributed by atoms with Gasteiger partial charge < -0.3 is 0 Å². The highest BCUT2D eigenvalue weighted by atomic mass is 79.9. The Hall–Kier alpha value is -0.340. The summed E-state index contributed by atoms with van der Waals surface area (Å²) in [6, 6.07) is 5.40. The summed E-state index contributed by atoms with van der Waals surface area (Å²) in [5.41, 5.74) is 0.767. The van der Waals surface area contributed by atoms with Gasteiger partial charge in [-0.25, -0.2) is 0 Å². The first kappa shape index (κ1) is 12.1. The number of rotatable bonds is 3. The van der Waals surface area contributed by atoms with Gasteiger partial charge in [-0.3, -0.25) is 4.79 Å². The molecular weight excluding hydrogens is 287 g/mol. The van der Waals surface area contributed by atoms with Gasteiger partial charge in [0.15, 0.2) is 5.78 Å². The van der Waals surface area contributed by atoms with Gasteiger partial charge in [-0.05, 0) is 40.0 Å². The SMILES string of the molecule is O=C(CC1CCCC1)c1ccc(Cl)c(Br)c1. The van der Waals surface area contributed by atoms with E-state index in [2.05, 4.69) is 15.9 Å². The fourth-order valence-corrected chi connectivity index (χ4v) is 2.76. The van der Waals surface area contributed by atoms with E-state index >= 15 is 0 Å². The third kappa shape index (κ3) is 2.86. The van der Waals surface area contributed by atoms with E-state index in [-0.39, 0.29) is 5.78 Å². The van der Waals surface area contributed by atoms with Crippen molar-refractivity contribution < 1.29 is 4.79 Å². The van der Waals surface area contributed by atoms with Crippen LogP contribution in [0.1, 0.15) is 42.5 Å². The Morgan fingerprint density at radius 3 is 2.69 bits per heavy atom. The average Bonchev–Trinajstić information content (AvgIpc) is 2.74. The average molecular weight is 302 g/mol. The molecule has 1 nitrogen and oxygen atoms in total. The lowest BCUT2D eigenvalue weighted by Gasteiger charge is -2.08. The number of benzene rings is 1. The summed E-state index contributed by atoms with van der Waals surface area (Å²) in [4.78, 5) is 12.0. The molecule has 1 fully saturated rings. The standard InChI is InChI=1S/C13H14BrClO/c14-11-8-10(5-6-12(11)15)13(16)7-9-3-1-2-4-9/h5-6,8-9H,1-4,7H2. The van der Waals surface area contributed by atoms with Crippen molar-refractivity contribution >= 4 is 33.3 Å². The van der Waals surface area contributed by atoms with E-state index in [0.29, 0.717) is 17.4 Å². The summed E-state index contributed by atoms with van der Waals surface area (Å²) in [7, 11) is 0. The highest BCUT2D eigenvalue weighted by Gasteiger charge is 2.19. The Morgan fingerprint density at radius 1 is 1.38 bits per heavy atom. The van der Waals surface area contributed by atoms with Crippen molar-refractivity contribution in [3.63, 3.8) is 0 Å². The summed E-state index contributed by atoms with van der Waals surface area (Å²) in [5, 5.41) is 0.650. The maximum atomic E-state index is 12.0. The van der Waals surface area contributed by atoms with Crippen LogP contribution in [0.3, 0.4) is 0 Å². The zero-order chi connectivity index (χ0) is 11.5. The van der Waals surface area contributed by atoms with Gasteiger partial charge in [-0.1, -0.05) is 37.3 Å². The molecule has 1 aliphatic carbocycles. The molecule has 3 heteroatoms. The van der Waals surface area contributed by atoms with Crippen LogP contribution in [0.4, 0.5) is 0 Å². The number of halogens is 2. The number of hydrogen-bond acceptors (Lipinski definition) is 1. The second-order valence-electron chi connectivity index (χ2n) is 4.41. The molecule has 0 atom stereocenters. The zero-order valence-corrected chi connectivity index (χ0v) is 11.4. The van der Waals surface area contributed by atoms with Crippen molar-refractivity contribution in [2.75, 3.05) is 0 Å². The molecule has 0 bridgehead atoms. The number of Topliss-reactive ketones (excluding diaryl/α,β-unsaturated/α-hetero) is 1. The summed E-state index contributed by atoms with van der Waals surface area (Å²) in [6.07, 6.45) is 5.67. The van der Waals surface area contributed by atoms with Crippen LogP contribution in [0.2, 0.25) is 5.02 Å². The molecule has 1 aromatic rings. The van der Waals surface area contributed by atoms with E-state index in [1.54, 1.807) is 6.07 Å². The second kappa shape index (κ2) is 5.33. The third-order valence-electron chi connectivity index (χ3n) is 3.19. The molecule has 0 unspecified atom stereocenters. The monoisotopic (exact) mass is 300 g/mol. The topological polar surface area (TPSA) is 17.1 Å². The van der Waals surface area contributed by atoms with Crippen molar-refractivity contribution in [2.45, 2.75) is 32.1 Å². The molecule has 0 spiro atoms. The fraction of sp³-hybridized carbons (Fsp3) is 0.462. The molecule has 0 aliphatic heterocycles. The van der Waals surface area contributed by atoms with Crippen molar-refractivity contribution in [3.8, 4) is 0 Å². The summed E-state index contributed by atoms with van der Waals surface area (Å²) < 4.78 is 0.798. The van der Waals surface area contributed by atoms with E-state index in [1.165, 1.54) is 25.7 Å². The molecule has 0 N–H and O–H groups in total. The summed E-state index contributed by atoms with van der Waals surface area (Å²) in [5.74, 6) is 0.839. The Kier molecular flexibility index (Phi) is 4.04. The first-order valence-electron chi connectivity index (χ1n) is 5.65. The van der Waals surface area contributed by atoms with Crippen LogP contribution in [0.15, 0.2) is 22.7 Å². The van der Waals surface area contributed by atoms with Crippen molar-refractivity contribution in [3.05, 3.63) is 33.3 Å². The van der Waals surface area contributed by atoms with Crippen LogP contribution in [0.25, 0.3) is 0 Å². The molecule has 1 aromatic carbocycles. The predicted octanol–water partition coefficient (Wildman–Crippen LogP) is 4.87. The van der Waals surface area contributed by atoms with E-state index in [4.69, 9.17) is 11.6 Å². The van der Waals surface area contributed by atoms with E-state index in [1.807, 2.05) is 12.1 Å². The normalized spacial score (nSPS) is 16.6. The van der Waals surface area contributed by atoms with E-state index < -0.39 is 0 Å². The number of ketones is 1. The zero-order valence-electron chi connectivity index (χ0n) is 9.01. The Balaban J connectivity index is 2.05. The third-order valence-corrected chi connectivity index (χ3v) is 4.40. The molecular formula is C13H14BrClO. The maximum absolute atomic E-state index is 12.0. The minimum absolute atomic E-state index is 0.240. The molecule has 0 heterocycles. The van der Waals surface area contributed by atoms with Crippen LogP contribution in [-0.2, 0) is 0 Å². The molecule has 0 amide bonds. The number of carbonyl (C=O) groups is 1. The first-order chi connectivity index (χ1) is 7.66. The lowest BCUT2D eigenvalue weighted by atomic mass is 9.97. The maximum Gasteiger partial charge on any atom is 0.163 e. The lowest BCUT2D eigenvalue weighted by Crippen LogP contribution is -2.05. The molecule has 0 aromatic heterocycles. The van der Waals surface area contributed by atoms with E-state index in [9.17, 15) is 4.79 Å². The molecule has 1 saturated carbocycles. The number of carbonyl (C=O) groups excluding carboxylic acids is 1. The minimum atomic E-state index is 0.240. The molecule has 2 rings (SSSR count). The van der Waals surface area contributed by atoms with Gasteiger partial charge in [-0.2, -0.15) is 0 Å². The van der Waals surface area contributed by atoms with Crippen LogP contribution >= 0.6 is 27.5 Å². The van der Waals surface area contributed by atoms with Gasteiger partial charge in [0.2, 0.25) is 0 Å². The summed E-state index contributed by atoms with van der Waals surface area (Å²) in [6.45, 7) is 0. The van der Waals surface area contributed by atoms with Gasteiger partial charge in [0.25, 0.3) is 0 Å². The Bertz CT molecular complexity index is 397. The smallest absolute Gasteiger partial charge is 0.163 e. The Morgan fingerprint density at radius 2 is 2.06 bits per heavy atom. The molecule has 0 saturated heterocycles. The summed E-state index contributed by atoms with van der Waals surface area (Å²) >= 11 is 9.24. The van der Waals surface area contributed by atoms with Crippen LogP contribution in [-0.4, -0.2) is 5.78 Å². The van der Waals surface area contributed by atoms with Gasteiger partial charge in [0.05, 0.1) is 5.02 Å². The highest BCUT2D eigenvalue weighted by molar-refractivity contribution is 9.10. The molecule has 1 aliphatic rings. The van der Waals surface area contributed by atoms with Gasteiger partial charge in [-0.15, -0.1) is 0 Å². The lowest BCUT2D eigenvalue weighted by molar-refractivity contribution is 0.0962. The van der Waals surface area contributed by atoms with Crippen LogP contribution in [0.5, 0.6) is 0 Å². The van der Waals surface area contributed by atoms with Crippen LogP contribution < -0.4 is 0 Å². The van der Waals surface area contributed by atoms with Crippen molar-refractivity contribution in [1.29, 1.82) is 0 Å². The first-order valence-corrected chi connectivity index (χ1v) is 6.82. The molecule has 16 heavy (non-hydrogen) atoms. The van der Waals surface area contributed by atoms with Crippen LogP contribution in [0, 0.1) is 5.92 Å². The van der Waals surface area contributed by atoms with Crippen molar-refractivity contribution in [2.24, 2.45) is 5.92 Å². The Labute approximate surface area is 109 Å². The predicted molar refractivity (Wildman–Crippen MR) is 70.1 cm³/mol. The molecule has 86 valence electrons. The van der Waals surface area contributed by atoms with Crippen molar-refractivity contribution in [1.82, 2.24) is 0 Å². The van der Waals surface area contributed by atoms with Gasteiger partial charge >= 0.3 is 0 Å². The van der Waals surface area contributed by atoms with E-state index in [0.717, 1.165) is 10.0 Å².